The Kier molecular flexibility index (Phi) is 3.52. The number of Topliss-reactive ketones (excluding diaryl/α,β-unsaturated/α-hetero) is 2. The fraction of sp³-hybridized carbons (Fsp3) is 0.800. The summed E-state index contributed by atoms with van der Waals surface area (Å²) in [6.45, 7) is 1.44. The number of hydrogen-bond acceptors (Lipinski definition) is 2. The van der Waals surface area contributed by atoms with Gasteiger partial charge in [0.05, 0.1) is 5.92 Å². The average molecular weight is 222 g/mol. The summed E-state index contributed by atoms with van der Waals surface area (Å²) >= 11 is 0. The molecule has 0 radical (unpaired) electrons. The first-order valence-electron chi connectivity index (χ1n) is 5.02. The molecule has 1 fully saturated rings. The minimum atomic E-state index is -4.89. The van der Waals surface area contributed by atoms with Gasteiger partial charge in [-0.25, -0.2) is 0 Å². The summed E-state index contributed by atoms with van der Waals surface area (Å²) in [6.07, 6.45) is -2.83. The monoisotopic (exact) mass is 222 g/mol. The van der Waals surface area contributed by atoms with Crippen LogP contribution in [0.1, 0.15) is 32.6 Å². The molecule has 1 aliphatic carbocycles. The predicted octanol–water partition coefficient (Wildman–Crippen LogP) is 2.51. The fourth-order valence-corrected chi connectivity index (χ4v) is 1.69. The van der Waals surface area contributed by atoms with Gasteiger partial charge < -0.3 is 0 Å². The summed E-state index contributed by atoms with van der Waals surface area (Å²) in [6, 6.07) is 0. The normalized spacial score (nSPS) is 19.5. The van der Waals surface area contributed by atoms with Gasteiger partial charge in [0.15, 0.2) is 0 Å². The molecular formula is C10H13F3O2. The fourth-order valence-electron chi connectivity index (χ4n) is 1.69. The Morgan fingerprint density at radius 2 is 1.87 bits per heavy atom. The highest BCUT2D eigenvalue weighted by Gasteiger charge is 2.47. The molecule has 0 spiro atoms. The molecule has 1 aliphatic rings. The van der Waals surface area contributed by atoms with Crippen molar-refractivity contribution in [2.24, 2.45) is 11.8 Å². The van der Waals surface area contributed by atoms with Crippen LogP contribution in [-0.2, 0) is 9.59 Å². The van der Waals surface area contributed by atoms with Gasteiger partial charge in [-0.1, -0.05) is 13.3 Å². The highest BCUT2D eigenvalue weighted by molar-refractivity contribution is 6.05. The molecular weight excluding hydrogens is 209 g/mol. The molecule has 5 heteroatoms. The van der Waals surface area contributed by atoms with Crippen LogP contribution in [0.5, 0.6) is 0 Å². The van der Waals surface area contributed by atoms with Crippen LogP contribution in [0.4, 0.5) is 13.2 Å². The number of rotatable bonds is 4. The van der Waals surface area contributed by atoms with Crippen LogP contribution in [-0.4, -0.2) is 17.7 Å². The molecule has 0 aromatic heterocycles. The number of carbonyl (C=O) groups is 2. The van der Waals surface area contributed by atoms with Crippen LogP contribution in [0, 0.1) is 11.8 Å². The summed E-state index contributed by atoms with van der Waals surface area (Å²) in [5.41, 5.74) is 0. The van der Waals surface area contributed by atoms with Crippen LogP contribution in [0.2, 0.25) is 0 Å². The summed E-state index contributed by atoms with van der Waals surface area (Å²) in [5.74, 6) is -4.20. The van der Waals surface area contributed by atoms with Gasteiger partial charge in [-0.3, -0.25) is 9.59 Å². The smallest absolute Gasteiger partial charge is 0.299 e. The summed E-state index contributed by atoms with van der Waals surface area (Å²) in [7, 11) is 0. The second kappa shape index (κ2) is 4.33. The van der Waals surface area contributed by atoms with E-state index in [0.29, 0.717) is 12.8 Å². The number of alkyl halides is 3. The third-order valence-electron chi connectivity index (χ3n) is 2.86. The minimum absolute atomic E-state index is 0.0618. The molecule has 0 N–H and O–H groups in total. The van der Waals surface area contributed by atoms with Gasteiger partial charge >= 0.3 is 6.18 Å². The van der Waals surface area contributed by atoms with Gasteiger partial charge in [0.1, 0.15) is 5.78 Å². The molecule has 0 aromatic rings. The number of carbonyl (C=O) groups excluding carboxylic acids is 2. The molecule has 1 atom stereocenters. The summed E-state index contributed by atoms with van der Waals surface area (Å²) < 4.78 is 36.4. The standard InChI is InChI=1S/C10H13F3O2/c1-2-7(9(15)10(11,12)13)8(14)6-4-3-5-6/h6-7H,2-5H2,1H3. The molecule has 1 saturated carbocycles. The average Bonchev–Trinajstić information content (AvgIpc) is 2.00. The van der Waals surface area contributed by atoms with E-state index in [1.54, 1.807) is 0 Å². The first kappa shape index (κ1) is 12.2. The third-order valence-corrected chi connectivity index (χ3v) is 2.86. The lowest BCUT2D eigenvalue weighted by atomic mass is 9.76. The van der Waals surface area contributed by atoms with Crippen molar-refractivity contribution in [2.75, 3.05) is 0 Å². The molecule has 0 bridgehead atoms. The molecule has 0 amide bonds. The molecule has 86 valence electrons. The Morgan fingerprint density at radius 3 is 2.13 bits per heavy atom. The van der Waals surface area contributed by atoms with Crippen molar-refractivity contribution in [3.05, 3.63) is 0 Å². The van der Waals surface area contributed by atoms with Gasteiger partial charge in [-0.15, -0.1) is 0 Å². The Labute approximate surface area is 85.8 Å². The maximum Gasteiger partial charge on any atom is 0.450 e. The zero-order chi connectivity index (χ0) is 11.6. The van der Waals surface area contributed by atoms with Crippen LogP contribution < -0.4 is 0 Å². The second-order valence-electron chi connectivity index (χ2n) is 3.85. The zero-order valence-corrected chi connectivity index (χ0v) is 8.43. The Hall–Kier alpha value is -0.870. The van der Waals surface area contributed by atoms with Gasteiger partial charge in [0.2, 0.25) is 5.78 Å². The van der Waals surface area contributed by atoms with Crippen molar-refractivity contribution < 1.29 is 22.8 Å². The lowest BCUT2D eigenvalue weighted by Crippen LogP contribution is -2.39. The van der Waals surface area contributed by atoms with Gasteiger partial charge in [-0.2, -0.15) is 13.2 Å². The molecule has 1 unspecified atom stereocenters. The first-order chi connectivity index (χ1) is 6.88. The predicted molar refractivity (Wildman–Crippen MR) is 47.2 cm³/mol. The number of hydrogen-bond donors (Lipinski definition) is 0. The van der Waals surface area contributed by atoms with Crippen molar-refractivity contribution in [3.8, 4) is 0 Å². The zero-order valence-electron chi connectivity index (χ0n) is 8.43. The molecule has 1 rings (SSSR count). The highest BCUT2D eigenvalue weighted by Crippen LogP contribution is 2.33. The van der Waals surface area contributed by atoms with E-state index in [1.807, 2.05) is 0 Å². The highest BCUT2D eigenvalue weighted by atomic mass is 19.4. The topological polar surface area (TPSA) is 34.1 Å². The largest absolute Gasteiger partial charge is 0.450 e. The molecule has 0 heterocycles. The molecule has 2 nitrogen and oxygen atoms in total. The van der Waals surface area contributed by atoms with Gasteiger partial charge in [0.25, 0.3) is 0 Å². The lowest BCUT2D eigenvalue weighted by Gasteiger charge is -2.27. The van der Waals surface area contributed by atoms with Crippen LogP contribution >= 0.6 is 0 Å². The maximum absolute atomic E-state index is 12.1. The van der Waals surface area contributed by atoms with Gasteiger partial charge in [-0.05, 0) is 19.3 Å². The maximum atomic E-state index is 12.1. The summed E-state index contributed by atoms with van der Waals surface area (Å²) in [5, 5.41) is 0. The van der Waals surface area contributed by atoms with E-state index in [4.69, 9.17) is 0 Å². The van der Waals surface area contributed by atoms with E-state index in [1.165, 1.54) is 6.92 Å². The Morgan fingerprint density at radius 1 is 1.33 bits per heavy atom. The van der Waals surface area contributed by atoms with Crippen LogP contribution in [0.15, 0.2) is 0 Å². The van der Waals surface area contributed by atoms with E-state index in [9.17, 15) is 22.8 Å². The van der Waals surface area contributed by atoms with E-state index in [-0.39, 0.29) is 12.3 Å². The second-order valence-corrected chi connectivity index (χ2v) is 3.85. The quantitative estimate of drug-likeness (QED) is 0.685. The first-order valence-corrected chi connectivity index (χ1v) is 5.02. The lowest BCUT2D eigenvalue weighted by molar-refractivity contribution is -0.177. The molecule has 0 aromatic carbocycles. The Bertz CT molecular complexity index is 266. The van der Waals surface area contributed by atoms with Crippen molar-refractivity contribution >= 4 is 11.6 Å². The number of ketones is 2. The van der Waals surface area contributed by atoms with Crippen molar-refractivity contribution in [3.63, 3.8) is 0 Å². The number of halogens is 3. The van der Waals surface area contributed by atoms with Crippen molar-refractivity contribution in [1.82, 2.24) is 0 Å². The van der Waals surface area contributed by atoms with Crippen molar-refractivity contribution in [2.45, 2.75) is 38.8 Å². The van der Waals surface area contributed by atoms with E-state index in [0.717, 1.165) is 6.42 Å². The molecule has 15 heavy (non-hydrogen) atoms. The van der Waals surface area contributed by atoms with E-state index >= 15 is 0 Å². The SMILES string of the molecule is CCC(C(=O)C1CCC1)C(=O)C(F)(F)F. The summed E-state index contributed by atoms with van der Waals surface area (Å²) in [4.78, 5) is 22.5. The minimum Gasteiger partial charge on any atom is -0.299 e. The van der Waals surface area contributed by atoms with Crippen molar-refractivity contribution in [1.29, 1.82) is 0 Å². The van der Waals surface area contributed by atoms with E-state index in [2.05, 4.69) is 0 Å². The Balaban J connectivity index is 2.70. The molecule has 0 saturated heterocycles. The van der Waals surface area contributed by atoms with E-state index < -0.39 is 23.7 Å². The molecule has 0 aliphatic heterocycles. The van der Waals surface area contributed by atoms with Gasteiger partial charge in [0, 0.05) is 5.92 Å². The van der Waals surface area contributed by atoms with Crippen LogP contribution in [0.25, 0.3) is 0 Å². The van der Waals surface area contributed by atoms with Crippen LogP contribution in [0.3, 0.4) is 0 Å². The third kappa shape index (κ3) is 2.58.